The van der Waals surface area contributed by atoms with Gasteiger partial charge in [0.15, 0.2) is 0 Å². The summed E-state index contributed by atoms with van der Waals surface area (Å²) in [7, 11) is 0. The third-order valence-corrected chi connectivity index (χ3v) is 3.67. The Balaban J connectivity index is 2.55. The van der Waals surface area contributed by atoms with Crippen molar-refractivity contribution in [1.29, 1.82) is 0 Å². The number of aliphatic hydroxyl groups excluding tert-OH is 1. The molecule has 0 radical (unpaired) electrons. The van der Waals surface area contributed by atoms with Crippen LogP contribution in [0.4, 0.5) is 0 Å². The minimum Gasteiger partial charge on any atom is -0.394 e. The minimum absolute atomic E-state index is 0.0430. The van der Waals surface area contributed by atoms with Crippen LogP contribution in [-0.4, -0.2) is 35.1 Å². The molecule has 0 aliphatic heterocycles. The van der Waals surface area contributed by atoms with Crippen molar-refractivity contribution in [3.63, 3.8) is 0 Å². The van der Waals surface area contributed by atoms with E-state index in [1.807, 2.05) is 0 Å². The average molecular weight is 270 g/mol. The van der Waals surface area contributed by atoms with Crippen molar-refractivity contribution in [3.8, 4) is 0 Å². The summed E-state index contributed by atoms with van der Waals surface area (Å²) in [5.74, 6) is -0.381. The summed E-state index contributed by atoms with van der Waals surface area (Å²) in [4.78, 5) is 23.9. The maximum Gasteiger partial charge on any atom is 0.242 e. The van der Waals surface area contributed by atoms with E-state index in [0.29, 0.717) is 0 Å². The lowest BCUT2D eigenvalue weighted by Gasteiger charge is -2.30. The molecule has 5 heteroatoms. The van der Waals surface area contributed by atoms with E-state index in [4.69, 9.17) is 0 Å². The molecule has 5 nitrogen and oxygen atoms in total. The van der Waals surface area contributed by atoms with E-state index >= 15 is 0 Å². The molecule has 3 N–H and O–H groups in total. The van der Waals surface area contributed by atoms with Gasteiger partial charge in [-0.25, -0.2) is 0 Å². The number of carbonyl (C=O) groups excluding carboxylic acids is 2. The van der Waals surface area contributed by atoms with Crippen LogP contribution in [0.25, 0.3) is 0 Å². The lowest BCUT2D eigenvalue weighted by atomic mass is 9.95. The van der Waals surface area contributed by atoms with Crippen LogP contribution in [-0.2, 0) is 9.59 Å². The van der Waals surface area contributed by atoms with Gasteiger partial charge >= 0.3 is 0 Å². The van der Waals surface area contributed by atoms with Gasteiger partial charge < -0.3 is 15.7 Å². The first-order valence-corrected chi connectivity index (χ1v) is 6.94. The Bertz CT molecular complexity index is 341. The minimum atomic E-state index is -0.587. The van der Waals surface area contributed by atoms with Gasteiger partial charge in [0.2, 0.25) is 11.8 Å². The highest BCUT2D eigenvalue weighted by atomic mass is 16.3. The summed E-state index contributed by atoms with van der Waals surface area (Å²) in [6, 6.07) is -0.587. The summed E-state index contributed by atoms with van der Waals surface area (Å²) < 4.78 is 0. The first-order valence-electron chi connectivity index (χ1n) is 6.94. The topological polar surface area (TPSA) is 78.4 Å². The van der Waals surface area contributed by atoms with Crippen molar-refractivity contribution >= 4 is 11.8 Å². The SMILES string of the molecule is CC(NC(=O)C(C)(C)C)C(=O)NC1(CO)CCCC1. The zero-order chi connectivity index (χ0) is 14.7. The van der Waals surface area contributed by atoms with Crippen molar-refractivity contribution in [2.75, 3.05) is 6.61 Å². The molecule has 1 atom stereocenters. The molecule has 1 fully saturated rings. The molecule has 0 spiro atoms. The number of aliphatic hydroxyl groups is 1. The Kier molecular flexibility index (Phi) is 4.96. The Labute approximate surface area is 115 Å². The van der Waals surface area contributed by atoms with Crippen LogP contribution >= 0.6 is 0 Å². The Morgan fingerprint density at radius 2 is 1.79 bits per heavy atom. The molecule has 0 aromatic rings. The molecule has 2 amide bonds. The zero-order valence-electron chi connectivity index (χ0n) is 12.4. The number of carbonyl (C=O) groups is 2. The van der Waals surface area contributed by atoms with Gasteiger partial charge in [-0.3, -0.25) is 9.59 Å². The first-order chi connectivity index (χ1) is 8.70. The van der Waals surface area contributed by atoms with E-state index in [1.165, 1.54) is 0 Å². The molecule has 1 aliphatic carbocycles. The highest BCUT2D eigenvalue weighted by molar-refractivity contribution is 5.89. The monoisotopic (exact) mass is 270 g/mol. The standard InChI is InChI=1S/C14H26N2O3/c1-10(15-12(19)13(2,3)4)11(18)16-14(9-17)7-5-6-8-14/h10,17H,5-9H2,1-4H3,(H,15,19)(H,16,18). The lowest BCUT2D eigenvalue weighted by molar-refractivity contribution is -0.134. The molecule has 110 valence electrons. The van der Waals surface area contributed by atoms with Crippen LogP contribution in [0.15, 0.2) is 0 Å². The van der Waals surface area contributed by atoms with Gasteiger partial charge in [0.05, 0.1) is 12.1 Å². The highest BCUT2D eigenvalue weighted by Crippen LogP contribution is 2.29. The molecule has 1 unspecified atom stereocenters. The quantitative estimate of drug-likeness (QED) is 0.712. The first kappa shape index (κ1) is 16.0. The van der Waals surface area contributed by atoms with E-state index in [9.17, 15) is 14.7 Å². The Hall–Kier alpha value is -1.10. The number of amides is 2. The van der Waals surface area contributed by atoms with Crippen LogP contribution in [0.1, 0.15) is 53.4 Å². The fraction of sp³-hybridized carbons (Fsp3) is 0.857. The molecular weight excluding hydrogens is 244 g/mol. The summed E-state index contributed by atoms with van der Waals surface area (Å²) >= 11 is 0. The van der Waals surface area contributed by atoms with Crippen LogP contribution in [0.2, 0.25) is 0 Å². The fourth-order valence-electron chi connectivity index (χ4n) is 2.22. The van der Waals surface area contributed by atoms with E-state index < -0.39 is 17.0 Å². The van der Waals surface area contributed by atoms with Crippen LogP contribution < -0.4 is 10.6 Å². The molecule has 0 aromatic carbocycles. The predicted octanol–water partition coefficient (Wildman–Crippen LogP) is 0.958. The van der Waals surface area contributed by atoms with E-state index in [2.05, 4.69) is 10.6 Å². The summed E-state index contributed by atoms with van der Waals surface area (Å²) in [5, 5.41) is 15.1. The summed E-state index contributed by atoms with van der Waals surface area (Å²) in [5.41, 5.74) is -1.01. The molecule has 0 heterocycles. The number of nitrogens with one attached hydrogen (secondary N) is 2. The van der Waals surface area contributed by atoms with Gasteiger partial charge in [-0.2, -0.15) is 0 Å². The lowest BCUT2D eigenvalue weighted by Crippen LogP contribution is -2.56. The second-order valence-corrected chi connectivity index (χ2v) is 6.58. The maximum absolute atomic E-state index is 12.1. The third kappa shape index (κ3) is 4.20. The molecule has 1 aliphatic rings. The number of rotatable bonds is 4. The van der Waals surface area contributed by atoms with E-state index in [1.54, 1.807) is 27.7 Å². The normalized spacial score (nSPS) is 19.8. The van der Waals surface area contributed by atoms with Gasteiger partial charge in [0, 0.05) is 5.41 Å². The summed E-state index contributed by atoms with van der Waals surface area (Å²) in [6.07, 6.45) is 3.64. The molecule has 1 saturated carbocycles. The van der Waals surface area contributed by atoms with Gasteiger partial charge in [-0.1, -0.05) is 33.6 Å². The van der Waals surface area contributed by atoms with Crippen LogP contribution in [0.5, 0.6) is 0 Å². The molecule has 19 heavy (non-hydrogen) atoms. The van der Waals surface area contributed by atoms with Crippen molar-refractivity contribution in [2.24, 2.45) is 5.41 Å². The van der Waals surface area contributed by atoms with Crippen molar-refractivity contribution < 1.29 is 14.7 Å². The van der Waals surface area contributed by atoms with E-state index in [-0.39, 0.29) is 18.4 Å². The smallest absolute Gasteiger partial charge is 0.242 e. The largest absolute Gasteiger partial charge is 0.394 e. The van der Waals surface area contributed by atoms with E-state index in [0.717, 1.165) is 25.7 Å². The van der Waals surface area contributed by atoms with Crippen LogP contribution in [0.3, 0.4) is 0 Å². The van der Waals surface area contributed by atoms with Crippen molar-refractivity contribution in [3.05, 3.63) is 0 Å². The molecule has 1 rings (SSSR count). The predicted molar refractivity (Wildman–Crippen MR) is 73.5 cm³/mol. The second-order valence-electron chi connectivity index (χ2n) is 6.58. The van der Waals surface area contributed by atoms with Crippen molar-refractivity contribution in [1.82, 2.24) is 10.6 Å². The fourth-order valence-corrected chi connectivity index (χ4v) is 2.22. The maximum atomic E-state index is 12.1. The second kappa shape index (κ2) is 5.90. The molecule has 0 bridgehead atoms. The molecule has 0 saturated heterocycles. The van der Waals surface area contributed by atoms with Crippen LogP contribution in [0, 0.1) is 5.41 Å². The average Bonchev–Trinajstić information content (AvgIpc) is 2.76. The van der Waals surface area contributed by atoms with Gasteiger partial charge in [0.25, 0.3) is 0 Å². The Morgan fingerprint density at radius 3 is 2.21 bits per heavy atom. The third-order valence-electron chi connectivity index (χ3n) is 3.67. The Morgan fingerprint density at radius 1 is 1.26 bits per heavy atom. The van der Waals surface area contributed by atoms with Gasteiger partial charge in [0.1, 0.15) is 6.04 Å². The number of hydrogen-bond acceptors (Lipinski definition) is 3. The number of hydrogen-bond donors (Lipinski definition) is 3. The highest BCUT2D eigenvalue weighted by Gasteiger charge is 2.36. The van der Waals surface area contributed by atoms with Crippen molar-refractivity contribution in [2.45, 2.75) is 65.0 Å². The zero-order valence-corrected chi connectivity index (χ0v) is 12.4. The summed E-state index contributed by atoms with van der Waals surface area (Å²) in [6.45, 7) is 7.04. The molecular formula is C14H26N2O3. The van der Waals surface area contributed by atoms with Gasteiger partial charge in [-0.15, -0.1) is 0 Å². The molecule has 0 aromatic heterocycles. The van der Waals surface area contributed by atoms with Gasteiger partial charge in [-0.05, 0) is 19.8 Å².